The minimum atomic E-state index is 0.590. The Balaban J connectivity index is 0.000000140. The van der Waals surface area contributed by atoms with Crippen molar-refractivity contribution in [3.05, 3.63) is 388 Å². The Morgan fingerprint density at radius 2 is 0.517 bits per heavy atom. The van der Waals surface area contributed by atoms with E-state index in [1.807, 2.05) is 109 Å². The van der Waals surface area contributed by atoms with Gasteiger partial charge in [-0.1, -0.05) is 315 Å². The summed E-state index contributed by atoms with van der Waals surface area (Å²) < 4.78 is 17.4. The third-order valence-corrected chi connectivity index (χ3v) is 25.0. The second-order valence-electron chi connectivity index (χ2n) is 30.0. The number of furan rings is 2. The van der Waals surface area contributed by atoms with E-state index in [1.165, 1.54) is 52.3 Å². The van der Waals surface area contributed by atoms with Crippen LogP contribution in [0, 0.1) is 0 Å². The van der Waals surface area contributed by atoms with Crippen molar-refractivity contribution >= 4 is 129 Å². The number of rotatable bonds is 12. The maximum absolute atomic E-state index is 6.42. The van der Waals surface area contributed by atoms with Crippen LogP contribution in [0.25, 0.3) is 241 Å². The van der Waals surface area contributed by atoms with Crippen LogP contribution in [0.1, 0.15) is 0 Å². The molecule has 0 aliphatic carbocycles. The minimum absolute atomic E-state index is 0.590. The lowest BCUT2D eigenvalue weighted by molar-refractivity contribution is 0.669. The van der Waals surface area contributed by atoms with Crippen LogP contribution in [0.3, 0.4) is 0 Å². The molecular weight excluding hydrogens is 1510 g/mol. The van der Waals surface area contributed by atoms with Gasteiger partial charge in [-0.3, -0.25) is 0 Å². The van der Waals surface area contributed by atoms with Crippen LogP contribution in [-0.2, 0) is 0 Å². The minimum Gasteiger partial charge on any atom is -0.456 e. The van der Waals surface area contributed by atoms with E-state index < -0.39 is 0 Å². The van der Waals surface area contributed by atoms with Gasteiger partial charge in [0.2, 0.25) is 0 Å². The largest absolute Gasteiger partial charge is 0.456 e. The van der Waals surface area contributed by atoms with E-state index in [2.05, 4.69) is 279 Å². The van der Waals surface area contributed by atoms with Crippen LogP contribution in [0.2, 0.25) is 0 Å². The molecule has 0 aliphatic rings. The lowest BCUT2D eigenvalue weighted by Gasteiger charge is -2.12. The summed E-state index contributed by atoms with van der Waals surface area (Å²) in [6.07, 6.45) is 0. The van der Waals surface area contributed by atoms with Gasteiger partial charge < -0.3 is 8.83 Å². The van der Waals surface area contributed by atoms with E-state index in [9.17, 15) is 0 Å². The fourth-order valence-electron chi connectivity index (χ4n) is 16.8. The van der Waals surface area contributed by atoms with Gasteiger partial charge in [0, 0.05) is 113 Å². The molecule has 120 heavy (non-hydrogen) atoms. The van der Waals surface area contributed by atoms with Gasteiger partial charge in [-0.25, -0.2) is 39.9 Å². The molecule has 0 unspecified atom stereocenters. The molecule has 0 bridgehead atoms. The van der Waals surface area contributed by atoms with Crippen LogP contribution < -0.4 is 0 Å². The summed E-state index contributed by atoms with van der Waals surface area (Å²) in [6, 6.07) is 135. The van der Waals surface area contributed by atoms with Crippen molar-refractivity contribution in [3.8, 4) is 135 Å². The van der Waals surface area contributed by atoms with E-state index in [0.29, 0.717) is 34.9 Å². The van der Waals surface area contributed by atoms with Crippen molar-refractivity contribution in [2.75, 3.05) is 0 Å². The molecule has 0 saturated carbocycles. The van der Waals surface area contributed by atoms with Crippen molar-refractivity contribution in [1.82, 2.24) is 39.9 Å². The summed E-state index contributed by atoms with van der Waals surface area (Å²) >= 11 is 3.59. The average molecular weight is 1570 g/mol. The highest BCUT2D eigenvalue weighted by molar-refractivity contribution is 7.27. The molecule has 16 aromatic carbocycles. The van der Waals surface area contributed by atoms with Crippen molar-refractivity contribution in [1.29, 1.82) is 0 Å². The predicted molar refractivity (Wildman–Crippen MR) is 496 cm³/mol. The second-order valence-corrected chi connectivity index (χ2v) is 32.1. The van der Waals surface area contributed by atoms with Crippen LogP contribution in [0.15, 0.2) is 397 Å². The van der Waals surface area contributed by atoms with Gasteiger partial charge in [0.1, 0.15) is 22.3 Å². The summed E-state index contributed by atoms with van der Waals surface area (Å²) in [5.41, 5.74) is 23.7. The smallest absolute Gasteiger partial charge is 0.164 e. The van der Waals surface area contributed by atoms with Gasteiger partial charge in [-0.2, -0.15) is 0 Å². The molecule has 0 fully saturated rings. The molecule has 24 aromatic rings. The van der Waals surface area contributed by atoms with E-state index in [0.717, 1.165) is 154 Å². The number of thiophene rings is 2. The topological polar surface area (TPSA) is 129 Å². The molecule has 560 valence electrons. The van der Waals surface area contributed by atoms with Crippen LogP contribution in [-0.4, -0.2) is 39.9 Å². The molecule has 24 rings (SSSR count). The van der Waals surface area contributed by atoms with Crippen molar-refractivity contribution < 1.29 is 8.83 Å². The average Bonchev–Trinajstić information content (AvgIpc) is 1.58. The maximum Gasteiger partial charge on any atom is 0.164 e. The molecule has 0 saturated heterocycles. The molecular formula is C108H64N8O2S2. The van der Waals surface area contributed by atoms with Crippen LogP contribution in [0.5, 0.6) is 0 Å². The molecule has 8 heterocycles. The summed E-state index contributed by atoms with van der Waals surface area (Å²) in [4.78, 5) is 41.4. The third-order valence-electron chi connectivity index (χ3n) is 22.6. The molecule has 12 heteroatoms. The molecule has 0 radical (unpaired) electrons. The molecule has 0 atom stereocenters. The highest BCUT2D eigenvalue weighted by atomic mass is 32.1. The number of hydrogen-bond acceptors (Lipinski definition) is 12. The Bertz CT molecular complexity index is 8170. The number of nitrogens with zero attached hydrogens (tertiary/aromatic N) is 8. The first kappa shape index (κ1) is 69.9. The molecule has 8 aromatic heterocycles. The van der Waals surface area contributed by atoms with Gasteiger partial charge in [-0.05, 0) is 112 Å². The lowest BCUT2D eigenvalue weighted by Crippen LogP contribution is -2.00. The molecule has 0 N–H and O–H groups in total. The maximum atomic E-state index is 6.42. The number of pyridine rings is 2. The Hall–Kier alpha value is -15.6. The highest BCUT2D eigenvalue weighted by Gasteiger charge is 2.24. The van der Waals surface area contributed by atoms with E-state index in [-0.39, 0.29) is 0 Å². The molecule has 0 aliphatic heterocycles. The fraction of sp³-hybridized carbons (Fsp3) is 0. The Morgan fingerprint density at radius 3 is 1.07 bits per heavy atom. The zero-order valence-corrected chi connectivity index (χ0v) is 65.8. The van der Waals surface area contributed by atoms with E-state index >= 15 is 0 Å². The quantitative estimate of drug-likeness (QED) is 0.117. The summed E-state index contributed by atoms with van der Waals surface area (Å²) in [5, 5.41) is 11.5. The van der Waals surface area contributed by atoms with Crippen molar-refractivity contribution in [2.45, 2.75) is 0 Å². The summed E-state index contributed by atoms with van der Waals surface area (Å²) in [6.45, 7) is 0. The summed E-state index contributed by atoms with van der Waals surface area (Å²) in [5.74, 6) is 3.60. The Morgan fingerprint density at radius 1 is 0.183 bits per heavy atom. The number of fused-ring (bicyclic) bond motifs is 16. The molecule has 0 amide bonds. The SMILES string of the molecule is c1ccc(-c2ccc3c(c2)nc(-c2ccc(-c4nc(-c5ccccc5)nc(-c5cccc(-c6cccc7c6oc6ccccc67)c5)n4)cc2)c2sc4ccccc4c23)cc1.c1ccc(-c2cccc(-c3ccc4c(c3)nc(-c3cccc(-c5nc(-c6ccccc6)nc(-c6ccc7oc8ccccc8c7c6)n5)c3)c3sc5ccccc5c34)c2)cc1. The third kappa shape index (κ3) is 12.6. The molecule has 0 spiro atoms. The molecule has 10 nitrogen and oxygen atoms in total. The van der Waals surface area contributed by atoms with Gasteiger partial charge in [0.25, 0.3) is 0 Å². The van der Waals surface area contributed by atoms with Gasteiger partial charge in [0.05, 0.1) is 31.8 Å². The van der Waals surface area contributed by atoms with Gasteiger partial charge in [-0.15, -0.1) is 22.7 Å². The van der Waals surface area contributed by atoms with Crippen LogP contribution >= 0.6 is 22.7 Å². The first-order valence-electron chi connectivity index (χ1n) is 39.9. The number of benzene rings is 16. The van der Waals surface area contributed by atoms with Gasteiger partial charge in [0.15, 0.2) is 34.9 Å². The normalized spacial score (nSPS) is 11.7. The first-order chi connectivity index (χ1) is 59.4. The Labute approximate surface area is 696 Å². The lowest BCUT2D eigenvalue weighted by atomic mass is 9.96. The number of para-hydroxylation sites is 3. The first-order valence-corrected chi connectivity index (χ1v) is 41.5. The number of aromatic nitrogens is 8. The number of hydrogen-bond donors (Lipinski definition) is 0. The van der Waals surface area contributed by atoms with E-state index in [4.69, 9.17) is 48.7 Å². The zero-order chi connectivity index (χ0) is 79.1. The van der Waals surface area contributed by atoms with Crippen molar-refractivity contribution in [2.24, 2.45) is 0 Å². The summed E-state index contributed by atoms with van der Waals surface area (Å²) in [7, 11) is 0. The predicted octanol–water partition coefficient (Wildman–Crippen LogP) is 29.4. The van der Waals surface area contributed by atoms with Gasteiger partial charge >= 0.3 is 0 Å². The van der Waals surface area contributed by atoms with Crippen LogP contribution in [0.4, 0.5) is 0 Å². The monoisotopic (exact) mass is 1570 g/mol. The zero-order valence-electron chi connectivity index (χ0n) is 64.2. The standard InChI is InChI=1S/2C54H32N4OS/c1-3-13-33(14-4-1)35-17-11-18-36(29-35)37-25-27-42-45(32-37)55-50(51-49(42)43-22-8-10-24-48(43)60-51)38-19-12-20-39(30-38)53-56-52(34-15-5-2-6-16-34)57-54(58-53)40-26-28-47-44(31-40)41-21-7-9-23-46(41)59-47;1-3-13-33(14-4-1)37-29-30-43-45(32-37)55-49(51-48(43)44-20-8-10-24-47(44)60-51)34-25-27-36(28-26-34)53-56-52(35-15-5-2-6-16-35)57-54(58-53)39-18-11-17-38(31-39)40-21-12-22-42-41-19-7-9-23-46(41)59-50(40)42/h2*1-32H. The van der Waals surface area contributed by atoms with E-state index in [1.54, 1.807) is 22.7 Å². The highest BCUT2D eigenvalue weighted by Crippen LogP contribution is 2.48. The van der Waals surface area contributed by atoms with Crippen molar-refractivity contribution in [3.63, 3.8) is 0 Å². The fourth-order valence-corrected chi connectivity index (χ4v) is 19.3. The Kier molecular flexibility index (Phi) is 17.1. The second kappa shape index (κ2) is 29.3.